The van der Waals surface area contributed by atoms with Gasteiger partial charge >= 0.3 is 0 Å². The van der Waals surface area contributed by atoms with E-state index < -0.39 is 0 Å². The molecule has 1 heterocycles. The van der Waals surface area contributed by atoms with E-state index in [9.17, 15) is 0 Å². The van der Waals surface area contributed by atoms with Crippen LogP contribution in [0.1, 0.15) is 31.9 Å². The molecule has 1 aromatic carbocycles. The molecule has 0 atom stereocenters. The number of nitrogens with one attached hydrogen (secondary N) is 1. The number of rotatable bonds is 8. The standard InChI is InChI=1S/C17H25N3O/c1-4-20-12-16(11-19-20)13-21-17-7-5-15(6-8-17)10-18-9-14(2)3/h5-8,11-12,14,18H,4,9-10,13H2,1-3H3. The third-order valence-electron chi connectivity index (χ3n) is 3.22. The molecule has 0 saturated carbocycles. The van der Waals surface area contributed by atoms with Gasteiger partial charge in [-0.2, -0.15) is 5.10 Å². The van der Waals surface area contributed by atoms with E-state index in [0.29, 0.717) is 12.5 Å². The van der Waals surface area contributed by atoms with Gasteiger partial charge in [-0.15, -0.1) is 0 Å². The SMILES string of the molecule is CCn1cc(COc2ccc(CNCC(C)C)cc2)cn1. The van der Waals surface area contributed by atoms with Crippen LogP contribution in [0.5, 0.6) is 5.75 Å². The highest BCUT2D eigenvalue weighted by molar-refractivity contribution is 5.27. The Morgan fingerprint density at radius 1 is 1.19 bits per heavy atom. The minimum Gasteiger partial charge on any atom is -0.489 e. The first-order valence-electron chi connectivity index (χ1n) is 7.61. The summed E-state index contributed by atoms with van der Waals surface area (Å²) >= 11 is 0. The topological polar surface area (TPSA) is 39.1 Å². The quantitative estimate of drug-likeness (QED) is 0.810. The fourth-order valence-corrected chi connectivity index (χ4v) is 2.03. The highest BCUT2D eigenvalue weighted by Crippen LogP contribution is 2.14. The van der Waals surface area contributed by atoms with Gasteiger partial charge in [-0.25, -0.2) is 0 Å². The summed E-state index contributed by atoms with van der Waals surface area (Å²) < 4.78 is 7.68. The number of hydrogen-bond donors (Lipinski definition) is 1. The van der Waals surface area contributed by atoms with Gasteiger partial charge in [-0.1, -0.05) is 26.0 Å². The van der Waals surface area contributed by atoms with E-state index in [1.54, 1.807) is 0 Å². The second-order valence-electron chi connectivity index (χ2n) is 5.66. The molecule has 1 N–H and O–H groups in total. The molecule has 1 aromatic heterocycles. The van der Waals surface area contributed by atoms with Crippen molar-refractivity contribution in [2.75, 3.05) is 6.54 Å². The second-order valence-corrected chi connectivity index (χ2v) is 5.66. The Hall–Kier alpha value is -1.81. The number of benzene rings is 1. The van der Waals surface area contributed by atoms with Gasteiger partial charge in [0, 0.05) is 24.8 Å². The summed E-state index contributed by atoms with van der Waals surface area (Å²) in [6, 6.07) is 8.27. The van der Waals surface area contributed by atoms with Gasteiger partial charge in [0.15, 0.2) is 0 Å². The van der Waals surface area contributed by atoms with Crippen LogP contribution in [-0.4, -0.2) is 16.3 Å². The van der Waals surface area contributed by atoms with Crippen molar-refractivity contribution in [2.24, 2.45) is 5.92 Å². The van der Waals surface area contributed by atoms with Gasteiger partial charge in [0.05, 0.1) is 6.20 Å². The zero-order chi connectivity index (χ0) is 15.1. The average Bonchev–Trinajstić information content (AvgIpc) is 2.94. The Morgan fingerprint density at radius 3 is 2.57 bits per heavy atom. The summed E-state index contributed by atoms with van der Waals surface area (Å²) in [5, 5.41) is 7.67. The van der Waals surface area contributed by atoms with Gasteiger partial charge in [-0.05, 0) is 37.1 Å². The molecule has 4 heteroatoms. The smallest absolute Gasteiger partial charge is 0.119 e. The summed E-state index contributed by atoms with van der Waals surface area (Å²) in [5.74, 6) is 1.57. The monoisotopic (exact) mass is 287 g/mol. The van der Waals surface area contributed by atoms with E-state index in [4.69, 9.17) is 4.74 Å². The summed E-state index contributed by atoms with van der Waals surface area (Å²) in [4.78, 5) is 0. The first-order chi connectivity index (χ1) is 10.2. The van der Waals surface area contributed by atoms with E-state index in [1.807, 2.05) is 29.2 Å². The first-order valence-corrected chi connectivity index (χ1v) is 7.61. The predicted octanol–water partition coefficient (Wildman–Crippen LogP) is 3.23. The number of aromatic nitrogens is 2. The van der Waals surface area contributed by atoms with Gasteiger partial charge in [0.25, 0.3) is 0 Å². The molecule has 0 fully saturated rings. The van der Waals surface area contributed by atoms with Gasteiger partial charge in [0.1, 0.15) is 12.4 Å². The Bertz CT molecular complexity index is 531. The van der Waals surface area contributed by atoms with E-state index in [-0.39, 0.29) is 0 Å². The molecule has 0 bridgehead atoms. The molecule has 114 valence electrons. The highest BCUT2D eigenvalue weighted by atomic mass is 16.5. The number of hydrogen-bond acceptors (Lipinski definition) is 3. The lowest BCUT2D eigenvalue weighted by molar-refractivity contribution is 0.306. The number of nitrogens with zero attached hydrogens (tertiary/aromatic N) is 2. The molecular weight excluding hydrogens is 262 g/mol. The van der Waals surface area contributed by atoms with Crippen molar-refractivity contribution in [3.05, 3.63) is 47.8 Å². The van der Waals surface area contributed by atoms with Crippen molar-refractivity contribution in [1.82, 2.24) is 15.1 Å². The molecular formula is C17H25N3O. The molecule has 0 saturated heterocycles. The van der Waals surface area contributed by atoms with Crippen LogP contribution >= 0.6 is 0 Å². The number of ether oxygens (including phenoxy) is 1. The van der Waals surface area contributed by atoms with Crippen LogP contribution in [0.2, 0.25) is 0 Å². The van der Waals surface area contributed by atoms with E-state index in [0.717, 1.165) is 30.9 Å². The minimum absolute atomic E-state index is 0.560. The average molecular weight is 287 g/mol. The van der Waals surface area contributed by atoms with Gasteiger partial charge in [0.2, 0.25) is 0 Å². The fourth-order valence-electron chi connectivity index (χ4n) is 2.03. The lowest BCUT2D eigenvalue weighted by atomic mass is 10.2. The van der Waals surface area contributed by atoms with Crippen molar-refractivity contribution >= 4 is 0 Å². The summed E-state index contributed by atoms with van der Waals surface area (Å²) in [6.45, 7) is 9.89. The summed E-state index contributed by atoms with van der Waals surface area (Å²) in [7, 11) is 0. The molecule has 0 aliphatic heterocycles. The largest absolute Gasteiger partial charge is 0.489 e. The molecule has 4 nitrogen and oxygen atoms in total. The third-order valence-corrected chi connectivity index (χ3v) is 3.22. The van der Waals surface area contributed by atoms with Gasteiger partial charge < -0.3 is 10.1 Å². The molecule has 0 amide bonds. The normalized spacial score (nSPS) is 11.0. The van der Waals surface area contributed by atoms with Crippen molar-refractivity contribution in [2.45, 2.75) is 40.5 Å². The van der Waals surface area contributed by atoms with Crippen LogP contribution in [0.4, 0.5) is 0 Å². The first kappa shape index (κ1) is 15.6. The fraction of sp³-hybridized carbons (Fsp3) is 0.471. The molecule has 21 heavy (non-hydrogen) atoms. The van der Waals surface area contributed by atoms with Crippen LogP contribution in [0.25, 0.3) is 0 Å². The van der Waals surface area contributed by atoms with Crippen molar-refractivity contribution < 1.29 is 4.74 Å². The Labute approximate surface area is 127 Å². The van der Waals surface area contributed by atoms with E-state index in [1.165, 1.54) is 5.56 Å². The van der Waals surface area contributed by atoms with Crippen LogP contribution in [0.3, 0.4) is 0 Å². The number of aryl methyl sites for hydroxylation is 1. The van der Waals surface area contributed by atoms with Gasteiger partial charge in [-0.3, -0.25) is 4.68 Å². The lowest BCUT2D eigenvalue weighted by Gasteiger charge is -2.09. The maximum Gasteiger partial charge on any atom is 0.119 e. The molecule has 2 aromatic rings. The molecule has 0 unspecified atom stereocenters. The maximum atomic E-state index is 5.77. The van der Waals surface area contributed by atoms with Crippen molar-refractivity contribution in [3.8, 4) is 5.75 Å². The van der Waals surface area contributed by atoms with Crippen LogP contribution in [0, 0.1) is 5.92 Å². The van der Waals surface area contributed by atoms with E-state index >= 15 is 0 Å². The van der Waals surface area contributed by atoms with Crippen molar-refractivity contribution in [3.63, 3.8) is 0 Å². The lowest BCUT2D eigenvalue weighted by Crippen LogP contribution is -2.18. The highest BCUT2D eigenvalue weighted by Gasteiger charge is 2.00. The molecule has 2 rings (SSSR count). The van der Waals surface area contributed by atoms with Crippen LogP contribution in [-0.2, 0) is 19.7 Å². The maximum absolute atomic E-state index is 5.77. The molecule has 0 aliphatic carbocycles. The zero-order valence-corrected chi connectivity index (χ0v) is 13.2. The van der Waals surface area contributed by atoms with Crippen LogP contribution < -0.4 is 10.1 Å². The van der Waals surface area contributed by atoms with Crippen LogP contribution in [0.15, 0.2) is 36.7 Å². The van der Waals surface area contributed by atoms with Crippen molar-refractivity contribution in [1.29, 1.82) is 0 Å². The summed E-state index contributed by atoms with van der Waals surface area (Å²) in [6.07, 6.45) is 3.87. The third kappa shape index (κ3) is 5.23. The minimum atomic E-state index is 0.560. The Balaban J connectivity index is 1.79. The zero-order valence-electron chi connectivity index (χ0n) is 13.2. The molecule has 0 spiro atoms. The summed E-state index contributed by atoms with van der Waals surface area (Å²) in [5.41, 5.74) is 2.38. The Morgan fingerprint density at radius 2 is 1.95 bits per heavy atom. The van der Waals surface area contributed by atoms with E-state index in [2.05, 4.69) is 43.3 Å². The molecule has 0 radical (unpaired) electrons. The predicted molar refractivity (Wildman–Crippen MR) is 85.2 cm³/mol. The molecule has 0 aliphatic rings. The Kier molecular flexibility index (Phi) is 5.81. The second kappa shape index (κ2) is 7.84.